The maximum atomic E-state index is 11.0. The fraction of sp³-hybridized carbons (Fsp3) is 0.304. The molecule has 4 aromatic rings. The van der Waals surface area contributed by atoms with Crippen molar-refractivity contribution in [2.75, 3.05) is 13.1 Å². The highest BCUT2D eigenvalue weighted by molar-refractivity contribution is 5.96. The lowest BCUT2D eigenvalue weighted by Gasteiger charge is -2.30. The highest BCUT2D eigenvalue weighted by atomic mass is 16.4. The summed E-state index contributed by atoms with van der Waals surface area (Å²) >= 11 is 0. The molecular weight excluding hydrogens is 378 g/mol. The number of carbonyl (C=O) groups is 1. The number of aliphatic carboxylic acids is 1. The van der Waals surface area contributed by atoms with E-state index >= 15 is 0 Å². The van der Waals surface area contributed by atoms with Crippen molar-refractivity contribution >= 4 is 27.8 Å². The predicted octanol–water partition coefficient (Wildman–Crippen LogP) is 3.26. The third kappa shape index (κ3) is 3.58. The van der Waals surface area contributed by atoms with Crippen molar-refractivity contribution in [3.05, 3.63) is 53.6 Å². The minimum absolute atomic E-state index is 0.00143. The summed E-state index contributed by atoms with van der Waals surface area (Å²) in [4.78, 5) is 17.0. The number of hydrogen-bond donors (Lipinski definition) is 4. The van der Waals surface area contributed by atoms with E-state index in [0.717, 1.165) is 65.8 Å². The molecule has 5 N–H and O–H groups in total. The quantitative estimate of drug-likeness (QED) is 0.409. The minimum Gasteiger partial charge on any atom is -0.481 e. The molecule has 7 nitrogen and oxygen atoms in total. The zero-order chi connectivity index (χ0) is 20.7. The third-order valence-corrected chi connectivity index (χ3v) is 6.02. The van der Waals surface area contributed by atoms with E-state index in [0.29, 0.717) is 6.04 Å². The molecule has 1 fully saturated rings. The molecule has 1 saturated heterocycles. The SMILES string of the molecule is NC1CCN(Cc2cccc3[nH]c(-c4n[nH]c5cc(CC(=O)O)ccc45)cc23)CC1. The average molecular weight is 403 g/mol. The fourth-order valence-electron chi connectivity index (χ4n) is 4.39. The van der Waals surface area contributed by atoms with Crippen molar-refractivity contribution in [1.82, 2.24) is 20.1 Å². The summed E-state index contributed by atoms with van der Waals surface area (Å²) in [5.74, 6) is -0.840. The number of hydrogen-bond acceptors (Lipinski definition) is 4. The smallest absolute Gasteiger partial charge is 0.307 e. The summed E-state index contributed by atoms with van der Waals surface area (Å²) in [7, 11) is 0. The summed E-state index contributed by atoms with van der Waals surface area (Å²) in [6.45, 7) is 3.00. The van der Waals surface area contributed by atoms with Gasteiger partial charge in [-0.05, 0) is 55.3 Å². The first-order chi connectivity index (χ1) is 14.6. The molecule has 2 aromatic heterocycles. The zero-order valence-electron chi connectivity index (χ0n) is 16.7. The first kappa shape index (κ1) is 18.8. The number of aromatic amines is 2. The molecule has 1 aliphatic rings. The van der Waals surface area contributed by atoms with Crippen LogP contribution in [-0.4, -0.2) is 50.3 Å². The number of carboxylic acids is 1. The Morgan fingerprint density at radius 1 is 1.13 bits per heavy atom. The van der Waals surface area contributed by atoms with Crippen molar-refractivity contribution in [2.45, 2.75) is 31.8 Å². The van der Waals surface area contributed by atoms with Gasteiger partial charge < -0.3 is 15.8 Å². The number of nitrogens with zero attached hydrogens (tertiary/aromatic N) is 2. The molecule has 3 heterocycles. The lowest BCUT2D eigenvalue weighted by Crippen LogP contribution is -2.39. The van der Waals surface area contributed by atoms with E-state index in [4.69, 9.17) is 10.8 Å². The molecule has 0 saturated carbocycles. The second-order valence-corrected chi connectivity index (χ2v) is 8.20. The van der Waals surface area contributed by atoms with Crippen molar-refractivity contribution < 1.29 is 9.90 Å². The summed E-state index contributed by atoms with van der Waals surface area (Å²) in [6, 6.07) is 14.5. The lowest BCUT2D eigenvalue weighted by atomic mass is 10.0. The Hall–Kier alpha value is -3.16. The van der Waals surface area contributed by atoms with E-state index in [1.165, 1.54) is 10.9 Å². The van der Waals surface area contributed by atoms with E-state index in [1.54, 1.807) is 0 Å². The standard InChI is InChI=1S/C23H25N5O2/c24-16-6-8-28(9-7-16)13-15-2-1-3-19-18(15)12-21(25-19)23-17-5-4-14(11-22(29)30)10-20(17)26-27-23/h1-5,10,12,16,25H,6-9,11,13,24H2,(H,26,27)(H,29,30). The fourth-order valence-corrected chi connectivity index (χ4v) is 4.39. The Labute approximate surface area is 173 Å². The molecule has 0 unspecified atom stereocenters. The van der Waals surface area contributed by atoms with Crippen molar-refractivity contribution in [1.29, 1.82) is 0 Å². The second kappa shape index (κ2) is 7.59. The van der Waals surface area contributed by atoms with Crippen LogP contribution in [0.15, 0.2) is 42.5 Å². The number of rotatable bonds is 5. The van der Waals surface area contributed by atoms with Crippen LogP contribution < -0.4 is 5.73 Å². The van der Waals surface area contributed by atoms with Gasteiger partial charge in [-0.2, -0.15) is 5.10 Å². The van der Waals surface area contributed by atoms with E-state index in [1.807, 2.05) is 18.2 Å². The van der Waals surface area contributed by atoms with E-state index in [9.17, 15) is 4.79 Å². The van der Waals surface area contributed by atoms with Gasteiger partial charge in [-0.3, -0.25) is 14.8 Å². The van der Waals surface area contributed by atoms with Crippen molar-refractivity contribution in [3.63, 3.8) is 0 Å². The first-order valence-electron chi connectivity index (χ1n) is 10.3. The normalized spacial score (nSPS) is 15.9. The molecule has 0 spiro atoms. The lowest BCUT2D eigenvalue weighted by molar-refractivity contribution is -0.136. The van der Waals surface area contributed by atoms with E-state index in [-0.39, 0.29) is 6.42 Å². The molecule has 0 atom stereocenters. The van der Waals surface area contributed by atoms with Gasteiger partial charge in [0.15, 0.2) is 0 Å². The van der Waals surface area contributed by atoms with Crippen LogP contribution in [-0.2, 0) is 17.8 Å². The van der Waals surface area contributed by atoms with Crippen LogP contribution in [0.3, 0.4) is 0 Å². The first-order valence-corrected chi connectivity index (χ1v) is 10.3. The van der Waals surface area contributed by atoms with Crippen LogP contribution >= 0.6 is 0 Å². The second-order valence-electron chi connectivity index (χ2n) is 8.20. The van der Waals surface area contributed by atoms with Crippen LogP contribution in [0.4, 0.5) is 0 Å². The number of H-pyrrole nitrogens is 2. The summed E-state index contributed by atoms with van der Waals surface area (Å²) in [6.07, 6.45) is 2.11. The van der Waals surface area contributed by atoms with Gasteiger partial charge in [0, 0.05) is 28.9 Å². The number of nitrogens with one attached hydrogen (secondary N) is 2. The monoisotopic (exact) mass is 403 g/mol. The number of aromatic nitrogens is 3. The number of nitrogens with two attached hydrogens (primary N) is 1. The number of carboxylic acid groups (broad SMARTS) is 1. The molecule has 0 amide bonds. The number of likely N-dealkylation sites (tertiary alicyclic amines) is 1. The van der Waals surface area contributed by atoms with Gasteiger partial charge in [-0.25, -0.2) is 0 Å². The molecule has 154 valence electrons. The van der Waals surface area contributed by atoms with Gasteiger partial charge >= 0.3 is 5.97 Å². The Morgan fingerprint density at radius 3 is 2.77 bits per heavy atom. The van der Waals surface area contributed by atoms with Gasteiger partial charge in [-0.15, -0.1) is 0 Å². The van der Waals surface area contributed by atoms with Gasteiger partial charge in [0.1, 0.15) is 5.69 Å². The Bertz CT molecular complexity index is 1220. The molecule has 1 aliphatic heterocycles. The molecular formula is C23H25N5O2. The largest absolute Gasteiger partial charge is 0.481 e. The van der Waals surface area contributed by atoms with Gasteiger partial charge in [0.2, 0.25) is 0 Å². The summed E-state index contributed by atoms with van der Waals surface area (Å²) < 4.78 is 0. The van der Waals surface area contributed by atoms with Crippen LogP contribution in [0.2, 0.25) is 0 Å². The Balaban J connectivity index is 1.47. The third-order valence-electron chi connectivity index (χ3n) is 6.02. The molecule has 2 aromatic carbocycles. The number of piperidine rings is 1. The van der Waals surface area contributed by atoms with Gasteiger partial charge in [0.05, 0.1) is 17.6 Å². The van der Waals surface area contributed by atoms with Gasteiger partial charge in [-0.1, -0.05) is 24.3 Å². The summed E-state index contributed by atoms with van der Waals surface area (Å²) in [5, 5.41) is 18.8. The summed E-state index contributed by atoms with van der Waals surface area (Å²) in [5.41, 5.74) is 11.8. The highest BCUT2D eigenvalue weighted by Gasteiger charge is 2.18. The topological polar surface area (TPSA) is 111 Å². The predicted molar refractivity (Wildman–Crippen MR) is 117 cm³/mol. The molecule has 30 heavy (non-hydrogen) atoms. The minimum atomic E-state index is -0.840. The molecule has 7 heteroatoms. The maximum Gasteiger partial charge on any atom is 0.307 e. The molecule has 0 radical (unpaired) electrons. The van der Waals surface area contributed by atoms with Crippen LogP contribution in [0.5, 0.6) is 0 Å². The van der Waals surface area contributed by atoms with Crippen LogP contribution in [0, 0.1) is 0 Å². The number of fused-ring (bicyclic) bond motifs is 2. The van der Waals surface area contributed by atoms with Crippen molar-refractivity contribution in [3.8, 4) is 11.4 Å². The zero-order valence-corrected chi connectivity index (χ0v) is 16.7. The molecule has 5 rings (SSSR count). The van der Waals surface area contributed by atoms with Crippen LogP contribution in [0.25, 0.3) is 33.2 Å². The molecule has 0 aliphatic carbocycles. The number of benzene rings is 2. The van der Waals surface area contributed by atoms with Crippen molar-refractivity contribution in [2.24, 2.45) is 5.73 Å². The maximum absolute atomic E-state index is 11.0. The molecule has 0 bridgehead atoms. The van der Waals surface area contributed by atoms with Crippen LogP contribution in [0.1, 0.15) is 24.0 Å². The Morgan fingerprint density at radius 2 is 1.97 bits per heavy atom. The van der Waals surface area contributed by atoms with E-state index in [2.05, 4.69) is 44.3 Å². The van der Waals surface area contributed by atoms with E-state index < -0.39 is 5.97 Å². The average Bonchev–Trinajstić information content (AvgIpc) is 3.33. The Kier molecular flexibility index (Phi) is 4.77. The van der Waals surface area contributed by atoms with Gasteiger partial charge in [0.25, 0.3) is 0 Å². The highest BCUT2D eigenvalue weighted by Crippen LogP contribution is 2.31.